The lowest BCUT2D eigenvalue weighted by Gasteiger charge is -2.11. The lowest BCUT2D eigenvalue weighted by atomic mass is 10.2. The van der Waals surface area contributed by atoms with Crippen LogP contribution in [0, 0.1) is 0 Å². The number of benzene rings is 2. The molecular formula is C17H18N2O2S2. The van der Waals surface area contributed by atoms with E-state index in [0.29, 0.717) is 16.4 Å². The number of anilines is 2. The van der Waals surface area contributed by atoms with Gasteiger partial charge in [-0.05, 0) is 48.5 Å². The second-order valence-electron chi connectivity index (χ2n) is 4.73. The normalized spacial score (nSPS) is 9.83. The fourth-order valence-electron chi connectivity index (χ4n) is 1.90. The van der Waals surface area contributed by atoms with E-state index < -0.39 is 0 Å². The minimum atomic E-state index is 0.475. The van der Waals surface area contributed by atoms with Gasteiger partial charge in [-0.15, -0.1) is 0 Å². The van der Waals surface area contributed by atoms with Crippen LogP contribution < -0.4 is 20.1 Å². The van der Waals surface area contributed by atoms with Crippen LogP contribution in [0.1, 0.15) is 6.42 Å². The van der Waals surface area contributed by atoms with Crippen molar-refractivity contribution in [3.63, 3.8) is 0 Å². The number of ether oxygens (including phenoxy) is 2. The topological polar surface area (TPSA) is 42.5 Å². The number of hydrogen-bond acceptors (Lipinski definition) is 4. The molecule has 120 valence electrons. The lowest BCUT2D eigenvalue weighted by molar-refractivity contribution is 0.415. The molecule has 6 heteroatoms. The smallest absolute Gasteiger partial charge is 0.119 e. The van der Waals surface area contributed by atoms with Crippen molar-refractivity contribution in [2.45, 2.75) is 6.42 Å². The molecule has 0 saturated heterocycles. The predicted octanol–water partition coefficient (Wildman–Crippen LogP) is 4.27. The van der Waals surface area contributed by atoms with Crippen LogP contribution in [-0.4, -0.2) is 24.2 Å². The Morgan fingerprint density at radius 2 is 1.09 bits per heavy atom. The summed E-state index contributed by atoms with van der Waals surface area (Å²) in [6, 6.07) is 15.1. The third-order valence-corrected chi connectivity index (χ3v) is 3.56. The van der Waals surface area contributed by atoms with E-state index in [4.69, 9.17) is 33.9 Å². The summed E-state index contributed by atoms with van der Waals surface area (Å²) < 4.78 is 10.2. The lowest BCUT2D eigenvalue weighted by Crippen LogP contribution is -2.18. The Kier molecular flexibility index (Phi) is 6.31. The highest BCUT2D eigenvalue weighted by atomic mass is 32.1. The summed E-state index contributed by atoms with van der Waals surface area (Å²) in [6.45, 7) is 0. The maximum atomic E-state index is 5.34. The molecule has 0 atom stereocenters. The van der Waals surface area contributed by atoms with Crippen LogP contribution >= 0.6 is 24.4 Å². The fraction of sp³-hybridized carbons (Fsp3) is 0.176. The van der Waals surface area contributed by atoms with Gasteiger partial charge in [0.05, 0.1) is 24.2 Å². The van der Waals surface area contributed by atoms with Gasteiger partial charge in [0.2, 0.25) is 0 Å². The van der Waals surface area contributed by atoms with Crippen molar-refractivity contribution in [3.8, 4) is 11.5 Å². The molecule has 2 N–H and O–H groups in total. The molecule has 0 saturated carbocycles. The summed E-state index contributed by atoms with van der Waals surface area (Å²) >= 11 is 10.7. The monoisotopic (exact) mass is 346 g/mol. The van der Waals surface area contributed by atoms with Crippen molar-refractivity contribution in [1.82, 2.24) is 0 Å². The van der Waals surface area contributed by atoms with Crippen LogP contribution in [-0.2, 0) is 0 Å². The SMILES string of the molecule is COc1ccc(NC(=S)CC(=S)Nc2ccc(OC)cc2)cc1. The fourth-order valence-corrected chi connectivity index (χ4v) is 2.52. The Morgan fingerprint density at radius 3 is 1.39 bits per heavy atom. The predicted molar refractivity (Wildman–Crippen MR) is 103 cm³/mol. The van der Waals surface area contributed by atoms with Crippen molar-refractivity contribution >= 4 is 45.8 Å². The first-order valence-electron chi connectivity index (χ1n) is 6.98. The van der Waals surface area contributed by atoms with E-state index in [1.165, 1.54) is 0 Å². The van der Waals surface area contributed by atoms with Crippen molar-refractivity contribution in [2.24, 2.45) is 0 Å². The van der Waals surface area contributed by atoms with Gasteiger partial charge in [-0.25, -0.2) is 0 Å². The summed E-state index contributed by atoms with van der Waals surface area (Å²) in [5.41, 5.74) is 1.81. The van der Waals surface area contributed by atoms with Crippen molar-refractivity contribution < 1.29 is 9.47 Å². The molecule has 0 amide bonds. The van der Waals surface area contributed by atoms with E-state index in [0.717, 1.165) is 22.9 Å². The standard InChI is InChI=1S/C17H18N2O2S2/c1-20-14-7-3-12(4-8-14)18-16(22)11-17(23)19-13-5-9-15(21-2)10-6-13/h3-10H,11H2,1-2H3,(H,18,22)(H,19,23). The second-order valence-corrected chi connectivity index (χ2v) is 5.72. The molecule has 2 rings (SSSR count). The van der Waals surface area contributed by atoms with E-state index in [2.05, 4.69) is 10.6 Å². The van der Waals surface area contributed by atoms with Gasteiger partial charge >= 0.3 is 0 Å². The van der Waals surface area contributed by atoms with Crippen molar-refractivity contribution in [3.05, 3.63) is 48.5 Å². The molecule has 23 heavy (non-hydrogen) atoms. The maximum Gasteiger partial charge on any atom is 0.119 e. The summed E-state index contributed by atoms with van der Waals surface area (Å²) in [5.74, 6) is 1.61. The van der Waals surface area contributed by atoms with Gasteiger partial charge in [-0.3, -0.25) is 0 Å². The number of nitrogens with one attached hydrogen (secondary N) is 2. The largest absolute Gasteiger partial charge is 0.497 e. The van der Waals surface area contributed by atoms with Crippen LogP contribution in [0.5, 0.6) is 11.5 Å². The second kappa shape index (κ2) is 8.45. The minimum absolute atomic E-state index is 0.475. The molecule has 0 aliphatic carbocycles. The molecule has 0 fully saturated rings. The van der Waals surface area contributed by atoms with Crippen LogP contribution in [0.3, 0.4) is 0 Å². The van der Waals surface area contributed by atoms with E-state index in [1.807, 2.05) is 48.5 Å². The van der Waals surface area contributed by atoms with Gasteiger partial charge in [0.25, 0.3) is 0 Å². The summed E-state index contributed by atoms with van der Waals surface area (Å²) in [4.78, 5) is 1.31. The highest BCUT2D eigenvalue weighted by Gasteiger charge is 2.04. The van der Waals surface area contributed by atoms with Gasteiger partial charge < -0.3 is 20.1 Å². The molecular weight excluding hydrogens is 328 g/mol. The van der Waals surface area contributed by atoms with Gasteiger partial charge in [-0.2, -0.15) is 0 Å². The third-order valence-electron chi connectivity index (χ3n) is 3.07. The van der Waals surface area contributed by atoms with Gasteiger partial charge in [0, 0.05) is 17.8 Å². The van der Waals surface area contributed by atoms with Gasteiger partial charge in [0.15, 0.2) is 0 Å². The van der Waals surface area contributed by atoms with Crippen LogP contribution in [0.2, 0.25) is 0 Å². The third kappa shape index (κ3) is 5.50. The molecule has 0 aliphatic rings. The van der Waals surface area contributed by atoms with Gasteiger partial charge in [0.1, 0.15) is 11.5 Å². The molecule has 0 spiro atoms. The Morgan fingerprint density at radius 1 is 0.739 bits per heavy atom. The van der Waals surface area contributed by atoms with Crippen LogP contribution in [0.4, 0.5) is 11.4 Å². The summed E-state index contributed by atoms with van der Waals surface area (Å²) in [7, 11) is 3.27. The summed E-state index contributed by atoms with van der Waals surface area (Å²) in [5, 5.41) is 6.31. The highest BCUT2D eigenvalue weighted by Crippen LogP contribution is 2.17. The first kappa shape index (κ1) is 17.2. The van der Waals surface area contributed by atoms with E-state index in [9.17, 15) is 0 Å². The molecule has 0 bridgehead atoms. The van der Waals surface area contributed by atoms with E-state index in [1.54, 1.807) is 14.2 Å². The molecule has 4 nitrogen and oxygen atoms in total. The maximum absolute atomic E-state index is 5.34. The van der Waals surface area contributed by atoms with E-state index in [-0.39, 0.29) is 0 Å². The van der Waals surface area contributed by atoms with Crippen LogP contribution in [0.15, 0.2) is 48.5 Å². The number of thiocarbonyl (C=S) groups is 2. The molecule has 0 heterocycles. The van der Waals surface area contributed by atoms with Crippen molar-refractivity contribution in [2.75, 3.05) is 24.9 Å². The number of methoxy groups -OCH3 is 2. The summed E-state index contributed by atoms with van der Waals surface area (Å²) in [6.07, 6.45) is 0.475. The average Bonchev–Trinajstić information content (AvgIpc) is 2.56. The Bertz CT molecular complexity index is 610. The van der Waals surface area contributed by atoms with Crippen LogP contribution in [0.25, 0.3) is 0 Å². The first-order valence-corrected chi connectivity index (χ1v) is 7.80. The molecule has 2 aromatic rings. The van der Waals surface area contributed by atoms with Crippen molar-refractivity contribution in [1.29, 1.82) is 0 Å². The quantitative estimate of drug-likeness (QED) is 0.761. The molecule has 0 aliphatic heterocycles. The first-order chi connectivity index (χ1) is 11.1. The number of hydrogen-bond donors (Lipinski definition) is 2. The molecule has 0 aromatic heterocycles. The minimum Gasteiger partial charge on any atom is -0.497 e. The molecule has 0 unspecified atom stereocenters. The average molecular weight is 346 g/mol. The Labute approximate surface area is 146 Å². The van der Waals surface area contributed by atoms with Gasteiger partial charge in [-0.1, -0.05) is 24.4 Å². The zero-order valence-electron chi connectivity index (χ0n) is 13.0. The molecule has 0 radical (unpaired) electrons. The zero-order valence-corrected chi connectivity index (χ0v) is 14.6. The number of rotatable bonds is 6. The Hall–Kier alpha value is -2.18. The molecule has 2 aromatic carbocycles. The highest BCUT2D eigenvalue weighted by molar-refractivity contribution is 7.82. The Balaban J connectivity index is 1.84. The zero-order chi connectivity index (χ0) is 16.7. The van der Waals surface area contributed by atoms with E-state index >= 15 is 0 Å².